The van der Waals surface area contributed by atoms with Crippen molar-refractivity contribution in [2.75, 3.05) is 18.0 Å². The molecule has 0 spiro atoms. The van der Waals surface area contributed by atoms with E-state index in [2.05, 4.69) is 46.6 Å². The van der Waals surface area contributed by atoms with Gasteiger partial charge in [0.1, 0.15) is 0 Å². The number of rotatable bonds is 4. The lowest BCUT2D eigenvalue weighted by atomic mass is 9.94. The molecule has 112 valence electrons. The predicted molar refractivity (Wildman–Crippen MR) is 86.7 cm³/mol. The van der Waals surface area contributed by atoms with E-state index in [1.54, 1.807) is 17.0 Å². The normalized spacial score (nSPS) is 18.6. The number of halogens is 1. The third-order valence-corrected chi connectivity index (χ3v) is 4.69. The van der Waals surface area contributed by atoms with Gasteiger partial charge in [-0.25, -0.2) is 4.98 Å². The quantitative estimate of drug-likeness (QED) is 0.790. The van der Waals surface area contributed by atoms with Crippen LogP contribution >= 0.6 is 15.9 Å². The first-order valence-electron chi connectivity index (χ1n) is 7.43. The maximum atomic E-state index is 12.5. The van der Waals surface area contributed by atoms with E-state index in [-0.39, 0.29) is 5.56 Å². The number of nitrogens with zero attached hydrogens (tertiary/aromatic N) is 3. The van der Waals surface area contributed by atoms with Crippen molar-refractivity contribution in [3.05, 3.63) is 22.7 Å². The van der Waals surface area contributed by atoms with Gasteiger partial charge in [0.15, 0.2) is 5.82 Å². The molecule has 1 atom stereocenters. The Bertz CT molecular complexity index is 490. The summed E-state index contributed by atoms with van der Waals surface area (Å²) in [6.45, 7) is 9.05. The molecule has 1 unspecified atom stereocenters. The second-order valence-electron chi connectivity index (χ2n) is 6.10. The van der Waals surface area contributed by atoms with Crippen molar-refractivity contribution in [1.82, 2.24) is 9.55 Å². The molecule has 2 rings (SSSR count). The van der Waals surface area contributed by atoms with E-state index in [9.17, 15) is 4.79 Å². The number of alkyl halides is 1. The van der Waals surface area contributed by atoms with Gasteiger partial charge in [-0.05, 0) is 24.7 Å². The minimum absolute atomic E-state index is 0.0477. The summed E-state index contributed by atoms with van der Waals surface area (Å²) >= 11 is 3.67. The van der Waals surface area contributed by atoms with Crippen LogP contribution in [0.2, 0.25) is 0 Å². The van der Waals surface area contributed by atoms with Crippen molar-refractivity contribution < 1.29 is 0 Å². The Hall–Kier alpha value is -0.840. The predicted octanol–water partition coefficient (Wildman–Crippen LogP) is 2.90. The molecule has 0 amide bonds. The highest BCUT2D eigenvalue weighted by molar-refractivity contribution is 9.09. The fraction of sp³-hybridized carbons (Fsp3) is 0.733. The van der Waals surface area contributed by atoms with Gasteiger partial charge in [0.05, 0.1) is 0 Å². The van der Waals surface area contributed by atoms with E-state index in [1.807, 2.05) is 0 Å². The molecule has 0 aromatic carbocycles. The number of piperidine rings is 1. The molecule has 1 aliphatic heterocycles. The standard InChI is InChI=1S/C15H24BrN3O/c1-11(2)10-19-9-6-17-14(15(19)20)18-7-4-13(5-8-18)12(3)16/h6,9,11-13H,4-5,7-8,10H2,1-3H3. The van der Waals surface area contributed by atoms with Crippen LogP contribution in [0.25, 0.3) is 0 Å². The van der Waals surface area contributed by atoms with Crippen LogP contribution in [0.4, 0.5) is 5.82 Å². The first-order valence-corrected chi connectivity index (χ1v) is 8.35. The smallest absolute Gasteiger partial charge is 0.293 e. The average molecular weight is 342 g/mol. The lowest BCUT2D eigenvalue weighted by Crippen LogP contribution is -2.40. The van der Waals surface area contributed by atoms with Crippen LogP contribution in [-0.2, 0) is 6.54 Å². The van der Waals surface area contributed by atoms with Gasteiger partial charge in [0.2, 0.25) is 0 Å². The topological polar surface area (TPSA) is 38.1 Å². The van der Waals surface area contributed by atoms with E-state index >= 15 is 0 Å². The second-order valence-corrected chi connectivity index (χ2v) is 7.55. The van der Waals surface area contributed by atoms with Crippen molar-refractivity contribution in [3.8, 4) is 0 Å². The largest absolute Gasteiger partial charge is 0.352 e. The Morgan fingerprint density at radius 3 is 2.55 bits per heavy atom. The highest BCUT2D eigenvalue weighted by Gasteiger charge is 2.24. The van der Waals surface area contributed by atoms with Gasteiger partial charge >= 0.3 is 0 Å². The summed E-state index contributed by atoms with van der Waals surface area (Å²) in [4.78, 5) is 19.5. The van der Waals surface area contributed by atoms with Gasteiger partial charge in [-0.1, -0.05) is 36.7 Å². The summed E-state index contributed by atoms with van der Waals surface area (Å²) < 4.78 is 1.78. The van der Waals surface area contributed by atoms with Crippen LogP contribution in [0.1, 0.15) is 33.6 Å². The van der Waals surface area contributed by atoms with Crippen LogP contribution in [0.3, 0.4) is 0 Å². The molecule has 5 heteroatoms. The van der Waals surface area contributed by atoms with E-state index in [4.69, 9.17) is 0 Å². The average Bonchev–Trinajstić information content (AvgIpc) is 2.41. The summed E-state index contributed by atoms with van der Waals surface area (Å²) in [6.07, 6.45) is 5.77. The van der Waals surface area contributed by atoms with Crippen molar-refractivity contribution in [2.45, 2.75) is 45.0 Å². The van der Waals surface area contributed by atoms with Crippen LogP contribution in [-0.4, -0.2) is 27.5 Å². The minimum atomic E-state index is 0.0477. The molecule has 0 radical (unpaired) electrons. The number of anilines is 1. The fourth-order valence-electron chi connectivity index (χ4n) is 2.76. The zero-order valence-electron chi connectivity index (χ0n) is 12.6. The third-order valence-electron chi connectivity index (χ3n) is 3.95. The maximum absolute atomic E-state index is 12.5. The molecule has 1 aromatic rings. The Morgan fingerprint density at radius 2 is 2.00 bits per heavy atom. The van der Waals surface area contributed by atoms with Crippen molar-refractivity contribution >= 4 is 21.7 Å². The fourth-order valence-corrected chi connectivity index (χ4v) is 3.29. The molecular weight excluding hydrogens is 318 g/mol. The van der Waals surface area contributed by atoms with Gasteiger partial charge in [-0.2, -0.15) is 0 Å². The summed E-state index contributed by atoms with van der Waals surface area (Å²) in [5.74, 6) is 1.78. The molecule has 1 fully saturated rings. The molecule has 2 heterocycles. The van der Waals surface area contributed by atoms with Crippen LogP contribution < -0.4 is 10.5 Å². The first kappa shape index (κ1) is 15.5. The van der Waals surface area contributed by atoms with E-state index in [0.29, 0.717) is 22.5 Å². The third kappa shape index (κ3) is 3.62. The van der Waals surface area contributed by atoms with E-state index in [1.165, 1.54) is 0 Å². The molecule has 4 nitrogen and oxygen atoms in total. The molecule has 0 saturated carbocycles. The Labute approximate surface area is 129 Å². The zero-order chi connectivity index (χ0) is 14.7. The number of hydrogen-bond donors (Lipinski definition) is 0. The summed E-state index contributed by atoms with van der Waals surface area (Å²) in [5.41, 5.74) is 0.0477. The van der Waals surface area contributed by atoms with Crippen molar-refractivity contribution in [2.24, 2.45) is 11.8 Å². The molecule has 0 N–H and O–H groups in total. The van der Waals surface area contributed by atoms with E-state index < -0.39 is 0 Å². The number of aromatic nitrogens is 2. The number of hydrogen-bond acceptors (Lipinski definition) is 3. The maximum Gasteiger partial charge on any atom is 0.293 e. The lowest BCUT2D eigenvalue weighted by Gasteiger charge is -2.33. The van der Waals surface area contributed by atoms with Gasteiger partial charge in [-0.3, -0.25) is 4.79 Å². The minimum Gasteiger partial charge on any atom is -0.352 e. The van der Waals surface area contributed by atoms with E-state index in [0.717, 1.165) is 32.5 Å². The molecule has 1 aromatic heterocycles. The van der Waals surface area contributed by atoms with Crippen molar-refractivity contribution in [3.63, 3.8) is 0 Å². The van der Waals surface area contributed by atoms with Crippen LogP contribution in [0.15, 0.2) is 17.2 Å². The second kappa shape index (κ2) is 6.74. The Balaban J connectivity index is 2.12. The summed E-state index contributed by atoms with van der Waals surface area (Å²) in [6, 6.07) is 0. The van der Waals surface area contributed by atoms with Gasteiger partial charge in [-0.15, -0.1) is 0 Å². The Kier molecular flexibility index (Phi) is 5.24. The van der Waals surface area contributed by atoms with Gasteiger partial charge in [0.25, 0.3) is 5.56 Å². The first-order chi connectivity index (χ1) is 9.49. The van der Waals surface area contributed by atoms with Gasteiger partial charge < -0.3 is 9.47 Å². The molecular formula is C15H24BrN3O. The molecule has 20 heavy (non-hydrogen) atoms. The zero-order valence-corrected chi connectivity index (χ0v) is 14.1. The molecule has 1 saturated heterocycles. The Morgan fingerprint density at radius 1 is 1.35 bits per heavy atom. The lowest BCUT2D eigenvalue weighted by molar-refractivity contribution is 0.403. The summed E-state index contributed by atoms with van der Waals surface area (Å²) in [7, 11) is 0. The van der Waals surface area contributed by atoms with Crippen LogP contribution in [0.5, 0.6) is 0 Å². The highest BCUT2D eigenvalue weighted by atomic mass is 79.9. The molecule has 1 aliphatic rings. The molecule has 0 aliphatic carbocycles. The van der Waals surface area contributed by atoms with Crippen molar-refractivity contribution in [1.29, 1.82) is 0 Å². The van der Waals surface area contributed by atoms with Gasteiger partial charge in [0, 0.05) is 36.9 Å². The molecule has 0 bridgehead atoms. The summed E-state index contributed by atoms with van der Waals surface area (Å²) in [5, 5.41) is 0. The van der Waals surface area contributed by atoms with Crippen LogP contribution in [0, 0.1) is 11.8 Å². The highest BCUT2D eigenvalue weighted by Crippen LogP contribution is 2.26. The SMILES string of the molecule is CC(C)Cn1ccnc(N2CCC(C(C)Br)CC2)c1=O. The monoisotopic (exact) mass is 341 g/mol.